The van der Waals surface area contributed by atoms with Crippen molar-refractivity contribution in [3.05, 3.63) is 29.6 Å². The van der Waals surface area contributed by atoms with Gasteiger partial charge < -0.3 is 9.64 Å². The first-order valence-electron chi connectivity index (χ1n) is 7.10. The van der Waals surface area contributed by atoms with Gasteiger partial charge in [-0.2, -0.15) is 13.2 Å². The molecule has 0 N–H and O–H groups in total. The van der Waals surface area contributed by atoms with Crippen LogP contribution in [0.5, 0.6) is 5.75 Å². The molecule has 2 aliphatic heterocycles. The molecule has 1 aromatic carbocycles. The number of rotatable bonds is 2. The average Bonchev–Trinajstić information content (AvgIpc) is 2.62. The van der Waals surface area contributed by atoms with E-state index in [2.05, 4.69) is 11.9 Å². The normalized spacial score (nSPS) is 29.7. The molecular weight excluding hydrogens is 286 g/mol. The van der Waals surface area contributed by atoms with Crippen molar-refractivity contribution in [2.24, 2.45) is 0 Å². The van der Waals surface area contributed by atoms with E-state index in [0.717, 1.165) is 37.8 Å². The first kappa shape index (κ1) is 14.6. The first-order chi connectivity index (χ1) is 9.84. The van der Waals surface area contributed by atoms with Gasteiger partial charge in [-0.05, 0) is 50.9 Å². The molecule has 3 rings (SSSR count). The predicted molar refractivity (Wildman–Crippen MR) is 69.6 cm³/mol. The van der Waals surface area contributed by atoms with Crippen molar-refractivity contribution >= 4 is 0 Å². The van der Waals surface area contributed by atoms with E-state index >= 15 is 0 Å². The SMILES string of the molecule is CN1[C@@H]2CC[C@H]1CC(Oc1ccc(F)c(C(F)(F)F)c1)C2. The Hall–Kier alpha value is -1.30. The Kier molecular flexibility index (Phi) is 3.59. The van der Waals surface area contributed by atoms with Crippen LogP contribution in [0.2, 0.25) is 0 Å². The van der Waals surface area contributed by atoms with Gasteiger partial charge in [0.25, 0.3) is 0 Å². The number of piperidine rings is 1. The molecule has 3 atom stereocenters. The molecule has 0 amide bonds. The lowest BCUT2D eigenvalue weighted by atomic mass is 10.0. The van der Waals surface area contributed by atoms with Crippen LogP contribution in [-0.2, 0) is 6.18 Å². The number of ether oxygens (including phenoxy) is 1. The predicted octanol–water partition coefficient (Wildman–Crippen LogP) is 3.85. The fourth-order valence-electron chi connectivity index (χ4n) is 3.45. The van der Waals surface area contributed by atoms with E-state index in [-0.39, 0.29) is 11.9 Å². The monoisotopic (exact) mass is 303 g/mol. The minimum atomic E-state index is -4.70. The summed E-state index contributed by atoms with van der Waals surface area (Å²) in [4.78, 5) is 2.33. The molecule has 0 radical (unpaired) electrons. The van der Waals surface area contributed by atoms with Crippen LogP contribution in [0.3, 0.4) is 0 Å². The maximum absolute atomic E-state index is 13.2. The Bertz CT molecular complexity index is 517. The molecule has 1 aromatic rings. The highest BCUT2D eigenvalue weighted by Crippen LogP contribution is 2.37. The molecule has 2 bridgehead atoms. The van der Waals surface area contributed by atoms with Gasteiger partial charge in [0.05, 0.1) is 5.56 Å². The minimum absolute atomic E-state index is 0.0924. The second-order valence-electron chi connectivity index (χ2n) is 5.90. The smallest absolute Gasteiger partial charge is 0.419 e. The number of fused-ring (bicyclic) bond motifs is 2. The van der Waals surface area contributed by atoms with Crippen molar-refractivity contribution in [3.8, 4) is 5.75 Å². The first-order valence-corrected chi connectivity index (χ1v) is 7.10. The van der Waals surface area contributed by atoms with Crippen LogP contribution in [0.1, 0.15) is 31.2 Å². The highest BCUT2D eigenvalue weighted by molar-refractivity contribution is 5.32. The van der Waals surface area contributed by atoms with E-state index in [0.29, 0.717) is 12.1 Å². The lowest BCUT2D eigenvalue weighted by Crippen LogP contribution is -2.43. The molecule has 0 aromatic heterocycles. The summed E-state index contributed by atoms with van der Waals surface area (Å²) in [5.41, 5.74) is -1.27. The fourth-order valence-corrected chi connectivity index (χ4v) is 3.45. The van der Waals surface area contributed by atoms with Gasteiger partial charge in [-0.15, -0.1) is 0 Å². The average molecular weight is 303 g/mol. The van der Waals surface area contributed by atoms with Gasteiger partial charge in [0.1, 0.15) is 17.7 Å². The fraction of sp³-hybridized carbons (Fsp3) is 0.600. The molecule has 0 aliphatic carbocycles. The lowest BCUT2D eigenvalue weighted by molar-refractivity contribution is -0.140. The zero-order valence-electron chi connectivity index (χ0n) is 11.7. The summed E-state index contributed by atoms with van der Waals surface area (Å²) in [6.45, 7) is 0. The Morgan fingerprint density at radius 1 is 1.14 bits per heavy atom. The summed E-state index contributed by atoms with van der Waals surface area (Å²) in [6.07, 6.45) is -0.950. The maximum Gasteiger partial charge on any atom is 0.419 e. The highest BCUT2D eigenvalue weighted by atomic mass is 19.4. The van der Waals surface area contributed by atoms with E-state index in [1.165, 1.54) is 6.07 Å². The summed E-state index contributed by atoms with van der Waals surface area (Å²) in [5, 5.41) is 0. The van der Waals surface area contributed by atoms with Crippen LogP contribution in [0.25, 0.3) is 0 Å². The number of alkyl halides is 3. The van der Waals surface area contributed by atoms with Crippen molar-refractivity contribution in [1.82, 2.24) is 4.90 Å². The molecule has 116 valence electrons. The molecule has 0 saturated carbocycles. The number of hydrogen-bond donors (Lipinski definition) is 0. The summed E-state index contributed by atoms with van der Waals surface area (Å²) >= 11 is 0. The maximum atomic E-state index is 13.2. The molecule has 21 heavy (non-hydrogen) atoms. The van der Waals surface area contributed by atoms with Crippen LogP contribution in [-0.4, -0.2) is 30.1 Å². The third kappa shape index (κ3) is 2.86. The zero-order chi connectivity index (χ0) is 15.2. The minimum Gasteiger partial charge on any atom is -0.490 e. The number of halogens is 4. The van der Waals surface area contributed by atoms with E-state index < -0.39 is 17.6 Å². The quantitative estimate of drug-likeness (QED) is 0.770. The van der Waals surface area contributed by atoms with Gasteiger partial charge in [-0.1, -0.05) is 0 Å². The van der Waals surface area contributed by atoms with Crippen LogP contribution in [0.15, 0.2) is 18.2 Å². The van der Waals surface area contributed by atoms with Crippen molar-refractivity contribution < 1.29 is 22.3 Å². The van der Waals surface area contributed by atoms with E-state index in [1.807, 2.05) is 0 Å². The van der Waals surface area contributed by atoms with Crippen LogP contribution in [0.4, 0.5) is 17.6 Å². The third-order valence-electron chi connectivity index (χ3n) is 4.60. The van der Waals surface area contributed by atoms with Gasteiger partial charge in [0.2, 0.25) is 0 Å². The second-order valence-corrected chi connectivity index (χ2v) is 5.90. The summed E-state index contributed by atoms with van der Waals surface area (Å²) in [6, 6.07) is 3.73. The van der Waals surface area contributed by atoms with Crippen molar-refractivity contribution in [2.75, 3.05) is 7.05 Å². The Morgan fingerprint density at radius 3 is 2.33 bits per heavy atom. The van der Waals surface area contributed by atoms with Gasteiger partial charge in [-0.3, -0.25) is 0 Å². The topological polar surface area (TPSA) is 12.5 Å². The van der Waals surface area contributed by atoms with Crippen molar-refractivity contribution in [2.45, 2.75) is 50.0 Å². The highest BCUT2D eigenvalue weighted by Gasteiger charge is 2.40. The zero-order valence-corrected chi connectivity index (χ0v) is 11.7. The molecular formula is C15H17F4NO. The molecule has 0 spiro atoms. The number of benzene rings is 1. The van der Waals surface area contributed by atoms with Gasteiger partial charge in [0, 0.05) is 12.1 Å². The molecule has 2 saturated heterocycles. The van der Waals surface area contributed by atoms with Crippen molar-refractivity contribution in [3.63, 3.8) is 0 Å². The summed E-state index contributed by atoms with van der Waals surface area (Å²) < 4.78 is 57.0. The van der Waals surface area contributed by atoms with Crippen LogP contribution < -0.4 is 4.74 Å². The second kappa shape index (κ2) is 5.16. The van der Waals surface area contributed by atoms with Crippen LogP contribution >= 0.6 is 0 Å². The van der Waals surface area contributed by atoms with Gasteiger partial charge in [-0.25, -0.2) is 4.39 Å². The molecule has 2 nitrogen and oxygen atoms in total. The number of hydrogen-bond acceptors (Lipinski definition) is 2. The molecule has 2 heterocycles. The summed E-state index contributed by atoms with van der Waals surface area (Å²) in [7, 11) is 2.08. The standard InChI is InChI=1S/C15H17F4NO/c1-20-9-2-3-10(20)7-12(6-9)21-11-4-5-14(16)13(8-11)15(17,18)19/h4-5,8-10,12H,2-3,6-7H2,1H3/t9-,10+,12?. The molecule has 6 heteroatoms. The Balaban J connectivity index is 1.74. The molecule has 1 unspecified atom stereocenters. The molecule has 2 fully saturated rings. The van der Waals surface area contributed by atoms with Gasteiger partial charge in [0.15, 0.2) is 0 Å². The van der Waals surface area contributed by atoms with E-state index in [9.17, 15) is 17.6 Å². The van der Waals surface area contributed by atoms with E-state index in [4.69, 9.17) is 4.74 Å². The van der Waals surface area contributed by atoms with Crippen LogP contribution in [0, 0.1) is 5.82 Å². The number of nitrogens with zero attached hydrogens (tertiary/aromatic N) is 1. The Morgan fingerprint density at radius 2 is 1.76 bits per heavy atom. The Labute approximate surface area is 120 Å². The van der Waals surface area contributed by atoms with Gasteiger partial charge >= 0.3 is 6.18 Å². The van der Waals surface area contributed by atoms with E-state index in [1.54, 1.807) is 0 Å². The van der Waals surface area contributed by atoms with Crippen molar-refractivity contribution in [1.29, 1.82) is 0 Å². The largest absolute Gasteiger partial charge is 0.490 e. The lowest BCUT2D eigenvalue weighted by Gasteiger charge is -2.36. The summed E-state index contributed by atoms with van der Waals surface area (Å²) in [5.74, 6) is -1.17. The molecule has 2 aliphatic rings. The third-order valence-corrected chi connectivity index (χ3v) is 4.60.